The molecule has 2 atom stereocenters. The normalized spacial score (nSPS) is 20.4. The standard InChI is InChI=1S/C25H26FN7O/c1-31-24(34)12-22(20-6-8-28-14-21(20)26)30-25(31)33-11-9-29-23(16-33)18-2-4-19(5-3-18)32-10-7-17(13-27)15-32/h2-6,8,12,14,17,23,29H,7,9-11,15-16H2,1H3/t17-,23-/m1/s1. The summed E-state index contributed by atoms with van der Waals surface area (Å²) >= 11 is 0. The van der Waals surface area contributed by atoms with Gasteiger partial charge in [0.25, 0.3) is 5.56 Å². The third-order valence-electron chi connectivity index (χ3n) is 6.65. The van der Waals surface area contributed by atoms with E-state index in [-0.39, 0.29) is 23.1 Å². The van der Waals surface area contributed by atoms with Crippen molar-refractivity contribution in [2.75, 3.05) is 42.5 Å². The Morgan fingerprint density at radius 2 is 1.97 bits per heavy atom. The summed E-state index contributed by atoms with van der Waals surface area (Å²) in [5.41, 5.74) is 2.60. The fourth-order valence-corrected chi connectivity index (χ4v) is 4.70. The van der Waals surface area contributed by atoms with Crippen molar-refractivity contribution in [2.24, 2.45) is 13.0 Å². The lowest BCUT2D eigenvalue weighted by Gasteiger charge is -2.35. The van der Waals surface area contributed by atoms with Crippen LogP contribution < -0.4 is 20.7 Å². The lowest BCUT2D eigenvalue weighted by atomic mass is 10.0. The molecule has 0 amide bonds. The minimum absolute atomic E-state index is 0.0615. The molecule has 0 spiro atoms. The van der Waals surface area contributed by atoms with E-state index in [0.717, 1.165) is 43.5 Å². The second kappa shape index (κ2) is 9.23. The second-order valence-corrected chi connectivity index (χ2v) is 8.80. The number of nitriles is 1. The molecule has 4 heterocycles. The summed E-state index contributed by atoms with van der Waals surface area (Å²) in [5, 5.41) is 12.7. The predicted molar refractivity (Wildman–Crippen MR) is 128 cm³/mol. The fourth-order valence-electron chi connectivity index (χ4n) is 4.70. The van der Waals surface area contributed by atoms with E-state index in [1.165, 1.54) is 22.9 Å². The van der Waals surface area contributed by atoms with Crippen LogP contribution in [0.15, 0.2) is 53.6 Å². The molecule has 2 fully saturated rings. The lowest BCUT2D eigenvalue weighted by molar-refractivity contribution is 0.462. The monoisotopic (exact) mass is 459 g/mol. The van der Waals surface area contributed by atoms with Crippen LogP contribution in [0.4, 0.5) is 16.0 Å². The summed E-state index contributed by atoms with van der Waals surface area (Å²) < 4.78 is 15.8. The van der Waals surface area contributed by atoms with Crippen LogP contribution >= 0.6 is 0 Å². The molecule has 5 rings (SSSR count). The van der Waals surface area contributed by atoms with Crippen molar-refractivity contribution in [1.29, 1.82) is 5.26 Å². The smallest absolute Gasteiger partial charge is 0.255 e. The van der Waals surface area contributed by atoms with E-state index in [1.54, 1.807) is 7.05 Å². The Morgan fingerprint density at radius 3 is 2.71 bits per heavy atom. The molecule has 174 valence electrons. The van der Waals surface area contributed by atoms with Gasteiger partial charge in [-0.15, -0.1) is 0 Å². The molecular weight excluding hydrogens is 433 g/mol. The van der Waals surface area contributed by atoms with E-state index in [2.05, 4.69) is 55.4 Å². The van der Waals surface area contributed by atoms with Gasteiger partial charge in [-0.05, 0) is 30.2 Å². The highest BCUT2D eigenvalue weighted by Crippen LogP contribution is 2.27. The van der Waals surface area contributed by atoms with Gasteiger partial charge in [0, 0.05) is 69.3 Å². The predicted octanol–water partition coefficient (Wildman–Crippen LogP) is 2.48. The molecule has 0 bridgehead atoms. The Hall–Kier alpha value is -3.77. The molecule has 2 saturated heterocycles. The van der Waals surface area contributed by atoms with Crippen LogP contribution in [0.5, 0.6) is 0 Å². The molecule has 1 N–H and O–H groups in total. The SMILES string of the molecule is Cn1c(N2CCN[C@@H](c3ccc(N4CC[C@H](C#N)C4)cc3)C2)nc(-c2ccncc2F)cc1=O. The van der Waals surface area contributed by atoms with E-state index in [9.17, 15) is 9.18 Å². The highest BCUT2D eigenvalue weighted by atomic mass is 19.1. The first-order valence-corrected chi connectivity index (χ1v) is 11.4. The van der Waals surface area contributed by atoms with Crippen molar-refractivity contribution < 1.29 is 4.39 Å². The Morgan fingerprint density at radius 1 is 1.15 bits per heavy atom. The molecular formula is C25H26FN7O. The van der Waals surface area contributed by atoms with Crippen molar-refractivity contribution in [2.45, 2.75) is 12.5 Å². The number of halogens is 1. The molecule has 9 heteroatoms. The van der Waals surface area contributed by atoms with E-state index >= 15 is 0 Å². The van der Waals surface area contributed by atoms with Crippen LogP contribution in [-0.4, -0.2) is 47.3 Å². The number of benzene rings is 1. The summed E-state index contributed by atoms with van der Waals surface area (Å²) in [7, 11) is 1.69. The zero-order chi connectivity index (χ0) is 23.7. The maximum absolute atomic E-state index is 14.3. The molecule has 0 saturated carbocycles. The average molecular weight is 460 g/mol. The molecule has 0 unspecified atom stereocenters. The van der Waals surface area contributed by atoms with Crippen LogP contribution in [0.3, 0.4) is 0 Å². The summed E-state index contributed by atoms with van der Waals surface area (Å²) in [5.74, 6) is 0.108. The summed E-state index contributed by atoms with van der Waals surface area (Å²) in [6.45, 7) is 3.72. The number of hydrogen-bond donors (Lipinski definition) is 1. The van der Waals surface area contributed by atoms with Gasteiger partial charge in [-0.1, -0.05) is 12.1 Å². The van der Waals surface area contributed by atoms with Gasteiger partial charge < -0.3 is 15.1 Å². The van der Waals surface area contributed by atoms with Gasteiger partial charge in [-0.2, -0.15) is 5.26 Å². The topological polar surface area (TPSA) is 90.1 Å². The van der Waals surface area contributed by atoms with Gasteiger partial charge in [0.1, 0.15) is 0 Å². The van der Waals surface area contributed by atoms with Crippen LogP contribution in [0.1, 0.15) is 18.0 Å². The van der Waals surface area contributed by atoms with E-state index in [1.807, 2.05) is 0 Å². The zero-order valence-corrected chi connectivity index (χ0v) is 19.0. The molecule has 1 aromatic carbocycles. The van der Waals surface area contributed by atoms with Crippen LogP contribution in [-0.2, 0) is 7.05 Å². The number of aromatic nitrogens is 3. The minimum Gasteiger partial charge on any atom is -0.370 e. The van der Waals surface area contributed by atoms with Gasteiger partial charge in [0.05, 0.1) is 23.9 Å². The van der Waals surface area contributed by atoms with Crippen molar-refractivity contribution in [3.63, 3.8) is 0 Å². The Balaban J connectivity index is 1.37. The maximum Gasteiger partial charge on any atom is 0.255 e. The van der Waals surface area contributed by atoms with Gasteiger partial charge in [-0.25, -0.2) is 9.37 Å². The number of nitrogens with zero attached hydrogens (tertiary/aromatic N) is 6. The van der Waals surface area contributed by atoms with Crippen molar-refractivity contribution in [3.8, 4) is 17.3 Å². The van der Waals surface area contributed by atoms with Gasteiger partial charge in [0.15, 0.2) is 5.82 Å². The highest BCUT2D eigenvalue weighted by Gasteiger charge is 2.26. The molecule has 8 nitrogen and oxygen atoms in total. The molecule has 2 aliphatic heterocycles. The average Bonchev–Trinajstić information content (AvgIpc) is 3.36. The number of piperazine rings is 1. The number of nitrogens with one attached hydrogen (secondary N) is 1. The van der Waals surface area contributed by atoms with Crippen molar-refractivity contribution in [3.05, 3.63) is 70.5 Å². The molecule has 34 heavy (non-hydrogen) atoms. The zero-order valence-electron chi connectivity index (χ0n) is 19.0. The van der Waals surface area contributed by atoms with Gasteiger partial charge >= 0.3 is 0 Å². The van der Waals surface area contributed by atoms with E-state index in [0.29, 0.717) is 24.7 Å². The largest absolute Gasteiger partial charge is 0.370 e. The van der Waals surface area contributed by atoms with Gasteiger partial charge in [0.2, 0.25) is 5.95 Å². The summed E-state index contributed by atoms with van der Waals surface area (Å²) in [6, 6.07) is 13.8. The Kier molecular flexibility index (Phi) is 5.99. The first-order valence-electron chi connectivity index (χ1n) is 11.4. The maximum atomic E-state index is 14.3. The molecule has 3 aromatic rings. The summed E-state index contributed by atoms with van der Waals surface area (Å²) in [6.07, 6.45) is 3.53. The van der Waals surface area contributed by atoms with Crippen LogP contribution in [0.2, 0.25) is 0 Å². The van der Waals surface area contributed by atoms with E-state index < -0.39 is 5.82 Å². The summed E-state index contributed by atoms with van der Waals surface area (Å²) in [4.78, 5) is 25.4. The lowest BCUT2D eigenvalue weighted by Crippen LogP contribution is -2.47. The first-order chi connectivity index (χ1) is 16.5. The Bertz CT molecular complexity index is 1280. The molecule has 0 radical (unpaired) electrons. The third kappa shape index (κ3) is 4.24. The quantitative estimate of drug-likeness (QED) is 0.641. The number of rotatable bonds is 4. The number of hydrogen-bond acceptors (Lipinski definition) is 7. The van der Waals surface area contributed by atoms with E-state index in [4.69, 9.17) is 5.26 Å². The number of anilines is 2. The highest BCUT2D eigenvalue weighted by molar-refractivity contribution is 5.60. The number of pyridine rings is 1. The minimum atomic E-state index is -0.508. The Labute approximate surface area is 197 Å². The van der Waals surface area contributed by atoms with Crippen LogP contribution in [0, 0.1) is 23.1 Å². The fraction of sp³-hybridized carbons (Fsp3) is 0.360. The van der Waals surface area contributed by atoms with Gasteiger partial charge in [-0.3, -0.25) is 14.3 Å². The molecule has 0 aliphatic carbocycles. The third-order valence-corrected chi connectivity index (χ3v) is 6.65. The second-order valence-electron chi connectivity index (χ2n) is 8.80. The van der Waals surface area contributed by atoms with Crippen molar-refractivity contribution >= 4 is 11.6 Å². The van der Waals surface area contributed by atoms with Crippen molar-refractivity contribution in [1.82, 2.24) is 19.9 Å². The molecule has 2 aliphatic rings. The first kappa shape index (κ1) is 22.0. The molecule has 2 aromatic heterocycles. The van der Waals surface area contributed by atoms with Crippen LogP contribution in [0.25, 0.3) is 11.3 Å².